The van der Waals surface area contributed by atoms with Crippen molar-refractivity contribution in [1.82, 2.24) is 4.90 Å². The van der Waals surface area contributed by atoms with Gasteiger partial charge >= 0.3 is 0 Å². The Morgan fingerprint density at radius 3 is 2.33 bits per heavy atom. The van der Waals surface area contributed by atoms with E-state index in [0.29, 0.717) is 12.2 Å². The number of hydrogen-bond donors (Lipinski definition) is 1. The monoisotopic (exact) mass is 367 g/mol. The third-order valence-electron chi connectivity index (χ3n) is 3.87. The molecule has 0 heterocycles. The summed E-state index contributed by atoms with van der Waals surface area (Å²) >= 11 is 0. The smallest absolute Gasteiger partial charge is 0.241 e. The van der Waals surface area contributed by atoms with Crippen LogP contribution in [-0.4, -0.2) is 50.5 Å². The first-order valence-electron chi connectivity index (χ1n) is 8.62. The Hall–Kier alpha value is -3.12. The van der Waals surface area contributed by atoms with Crippen LogP contribution in [0.1, 0.15) is 0 Å². The summed E-state index contributed by atoms with van der Waals surface area (Å²) < 4.78 is 5.09. The molecule has 142 valence electrons. The number of nitrogens with zero attached hydrogens (tertiary/aromatic N) is 2. The van der Waals surface area contributed by atoms with Gasteiger partial charge in [0.1, 0.15) is 5.75 Å². The second-order valence-corrected chi connectivity index (χ2v) is 6.08. The molecule has 0 fully saturated rings. The van der Waals surface area contributed by atoms with Gasteiger partial charge < -0.3 is 15.0 Å². The Kier molecular flexibility index (Phi) is 7.58. The van der Waals surface area contributed by atoms with Gasteiger partial charge in [0.15, 0.2) is 0 Å². The van der Waals surface area contributed by atoms with Gasteiger partial charge in [-0.2, -0.15) is 0 Å². The van der Waals surface area contributed by atoms with Crippen molar-refractivity contribution in [2.45, 2.75) is 0 Å². The van der Waals surface area contributed by atoms with Crippen molar-refractivity contribution in [1.29, 1.82) is 0 Å². The number of hydrogen-bond acceptors (Lipinski definition) is 4. The zero-order chi connectivity index (χ0) is 19.6. The Bertz CT molecular complexity index is 760. The zero-order valence-electron chi connectivity index (χ0n) is 15.7. The molecule has 27 heavy (non-hydrogen) atoms. The summed E-state index contributed by atoms with van der Waals surface area (Å²) in [7, 11) is 3.33. The lowest BCUT2D eigenvalue weighted by molar-refractivity contribution is -0.120. The van der Waals surface area contributed by atoms with Crippen LogP contribution in [0.5, 0.6) is 5.75 Å². The Morgan fingerprint density at radius 2 is 1.74 bits per heavy atom. The Labute approximate surface area is 160 Å². The minimum Gasteiger partial charge on any atom is -0.497 e. The molecule has 0 aromatic heterocycles. The number of nitrogens with one attached hydrogen (secondary N) is 1. The summed E-state index contributed by atoms with van der Waals surface area (Å²) in [6.07, 6.45) is 1.68. The normalized spacial score (nSPS) is 10.3. The molecule has 2 aromatic carbocycles. The highest BCUT2D eigenvalue weighted by atomic mass is 16.5. The Balaban J connectivity index is 1.90. The molecule has 2 amide bonds. The van der Waals surface area contributed by atoms with Gasteiger partial charge in [0.25, 0.3) is 0 Å². The van der Waals surface area contributed by atoms with Crippen molar-refractivity contribution in [3.63, 3.8) is 0 Å². The molecule has 0 aliphatic carbocycles. The van der Waals surface area contributed by atoms with E-state index >= 15 is 0 Å². The van der Waals surface area contributed by atoms with Crippen molar-refractivity contribution >= 4 is 23.2 Å². The fourth-order valence-corrected chi connectivity index (χ4v) is 2.58. The van der Waals surface area contributed by atoms with Crippen LogP contribution in [0.15, 0.2) is 67.3 Å². The number of methoxy groups -OCH3 is 1. The molecular formula is C21H25N3O3. The number of rotatable bonds is 9. The average molecular weight is 367 g/mol. The molecule has 2 aromatic rings. The lowest BCUT2D eigenvalue weighted by Crippen LogP contribution is -2.41. The van der Waals surface area contributed by atoms with Gasteiger partial charge in [0.05, 0.1) is 20.2 Å². The van der Waals surface area contributed by atoms with Crippen LogP contribution in [0, 0.1) is 0 Å². The minimum atomic E-state index is -0.189. The highest BCUT2D eigenvalue weighted by molar-refractivity contribution is 5.96. The largest absolute Gasteiger partial charge is 0.497 e. The van der Waals surface area contributed by atoms with Gasteiger partial charge in [0, 0.05) is 17.9 Å². The minimum absolute atomic E-state index is 0.0964. The molecule has 0 saturated carbocycles. The molecule has 0 aliphatic rings. The fourth-order valence-electron chi connectivity index (χ4n) is 2.58. The van der Waals surface area contributed by atoms with Crippen LogP contribution in [0.3, 0.4) is 0 Å². The standard InChI is InChI=1S/C21H25N3O3/c1-4-14-24(18-8-6-5-7-9-18)21(26)16-23(2)15-20(25)22-17-10-12-19(27-3)13-11-17/h4-13H,1,14-16H2,2-3H3,(H,22,25). The summed E-state index contributed by atoms with van der Waals surface area (Å²) in [5, 5.41) is 2.81. The molecule has 0 spiro atoms. The third-order valence-corrected chi connectivity index (χ3v) is 3.87. The van der Waals surface area contributed by atoms with E-state index in [1.54, 1.807) is 54.3 Å². The lowest BCUT2D eigenvalue weighted by Gasteiger charge is -2.24. The number of carbonyl (C=O) groups excluding carboxylic acids is 2. The fraction of sp³-hybridized carbons (Fsp3) is 0.238. The number of ether oxygens (including phenoxy) is 1. The molecule has 0 radical (unpaired) electrons. The second-order valence-electron chi connectivity index (χ2n) is 6.08. The average Bonchev–Trinajstić information content (AvgIpc) is 2.67. The SMILES string of the molecule is C=CCN(C(=O)CN(C)CC(=O)Nc1ccc(OC)cc1)c1ccccc1. The number of carbonyl (C=O) groups is 2. The van der Waals surface area contributed by atoms with Crippen LogP contribution in [0.2, 0.25) is 0 Å². The maximum Gasteiger partial charge on any atom is 0.241 e. The first-order valence-corrected chi connectivity index (χ1v) is 8.62. The molecular weight excluding hydrogens is 342 g/mol. The Morgan fingerprint density at radius 1 is 1.07 bits per heavy atom. The van der Waals surface area contributed by atoms with E-state index in [2.05, 4.69) is 11.9 Å². The first kappa shape index (κ1) is 20.2. The number of likely N-dealkylation sites (N-methyl/N-ethyl adjacent to an activating group) is 1. The van der Waals surface area contributed by atoms with Crippen molar-refractivity contribution in [3.8, 4) is 5.75 Å². The maximum atomic E-state index is 12.6. The van der Waals surface area contributed by atoms with E-state index in [-0.39, 0.29) is 24.9 Å². The summed E-state index contributed by atoms with van der Waals surface area (Å²) in [6.45, 7) is 4.36. The van der Waals surface area contributed by atoms with Gasteiger partial charge in [0.2, 0.25) is 11.8 Å². The van der Waals surface area contributed by atoms with Gasteiger partial charge in [-0.1, -0.05) is 24.3 Å². The molecule has 0 aliphatic heterocycles. The number of para-hydroxylation sites is 1. The third kappa shape index (κ3) is 6.27. The highest BCUT2D eigenvalue weighted by Crippen LogP contribution is 2.15. The van der Waals surface area contributed by atoms with Gasteiger partial charge in [-0.05, 0) is 43.4 Å². The zero-order valence-corrected chi connectivity index (χ0v) is 15.7. The quantitative estimate of drug-likeness (QED) is 0.693. The number of amides is 2. The van der Waals surface area contributed by atoms with E-state index in [9.17, 15) is 9.59 Å². The predicted octanol–water partition coefficient (Wildman–Crippen LogP) is 2.78. The van der Waals surface area contributed by atoms with E-state index in [1.165, 1.54) is 0 Å². The second kappa shape index (κ2) is 10.1. The molecule has 2 rings (SSSR count). The van der Waals surface area contributed by atoms with Crippen LogP contribution >= 0.6 is 0 Å². The van der Waals surface area contributed by atoms with Crippen LogP contribution < -0.4 is 15.0 Å². The van der Waals surface area contributed by atoms with Crippen LogP contribution in [-0.2, 0) is 9.59 Å². The van der Waals surface area contributed by atoms with Crippen LogP contribution in [0.4, 0.5) is 11.4 Å². The molecule has 1 N–H and O–H groups in total. The van der Waals surface area contributed by atoms with E-state index in [0.717, 1.165) is 11.4 Å². The van der Waals surface area contributed by atoms with Gasteiger partial charge in [-0.25, -0.2) is 0 Å². The predicted molar refractivity (Wildman–Crippen MR) is 108 cm³/mol. The topological polar surface area (TPSA) is 61.9 Å². The van der Waals surface area contributed by atoms with E-state index in [4.69, 9.17) is 4.74 Å². The molecule has 0 bridgehead atoms. The summed E-state index contributed by atoms with van der Waals surface area (Å²) in [6, 6.07) is 16.5. The van der Waals surface area contributed by atoms with Crippen molar-refractivity contribution in [2.75, 3.05) is 44.0 Å². The summed E-state index contributed by atoms with van der Waals surface area (Å²) in [5.74, 6) is 0.435. The van der Waals surface area contributed by atoms with Crippen molar-refractivity contribution < 1.29 is 14.3 Å². The first-order chi connectivity index (χ1) is 13.0. The molecule has 0 atom stereocenters. The van der Waals surface area contributed by atoms with E-state index in [1.807, 2.05) is 30.3 Å². The van der Waals surface area contributed by atoms with Crippen LogP contribution in [0.25, 0.3) is 0 Å². The number of benzene rings is 2. The molecule has 0 unspecified atom stereocenters. The maximum absolute atomic E-state index is 12.6. The molecule has 6 nitrogen and oxygen atoms in total. The summed E-state index contributed by atoms with van der Waals surface area (Å²) in [5.41, 5.74) is 1.48. The van der Waals surface area contributed by atoms with Crippen molar-refractivity contribution in [3.05, 3.63) is 67.3 Å². The number of anilines is 2. The highest BCUT2D eigenvalue weighted by Gasteiger charge is 2.17. The van der Waals surface area contributed by atoms with Gasteiger partial charge in [-0.15, -0.1) is 6.58 Å². The lowest BCUT2D eigenvalue weighted by atomic mass is 10.2. The molecule has 6 heteroatoms. The summed E-state index contributed by atoms with van der Waals surface area (Å²) in [4.78, 5) is 28.2. The van der Waals surface area contributed by atoms with E-state index < -0.39 is 0 Å². The van der Waals surface area contributed by atoms with Gasteiger partial charge in [-0.3, -0.25) is 14.5 Å². The molecule has 0 saturated heterocycles. The van der Waals surface area contributed by atoms with Crippen molar-refractivity contribution in [2.24, 2.45) is 0 Å².